The lowest BCUT2D eigenvalue weighted by Gasteiger charge is -2.13. The van der Waals surface area contributed by atoms with E-state index in [1.165, 1.54) is 32.0 Å². The Bertz CT molecular complexity index is 1230. The average molecular weight is 443 g/mol. The Morgan fingerprint density at radius 2 is 1.91 bits per heavy atom. The van der Waals surface area contributed by atoms with Gasteiger partial charge in [0, 0.05) is 13.6 Å². The van der Waals surface area contributed by atoms with E-state index >= 15 is 0 Å². The van der Waals surface area contributed by atoms with Crippen molar-refractivity contribution in [2.24, 2.45) is 7.05 Å². The number of likely N-dealkylation sites (tertiary alicyclic amines) is 1. The maximum absolute atomic E-state index is 13.2. The summed E-state index contributed by atoms with van der Waals surface area (Å²) in [6.07, 6.45) is 3.20. The van der Waals surface area contributed by atoms with E-state index in [2.05, 4.69) is 25.5 Å². The molecule has 0 aliphatic carbocycles. The number of rotatable bonds is 7. The Morgan fingerprint density at radius 3 is 2.62 bits per heavy atom. The predicted molar refractivity (Wildman–Crippen MR) is 111 cm³/mol. The quantitative estimate of drug-likeness (QED) is 0.518. The molecule has 12 heteroatoms. The fourth-order valence-corrected chi connectivity index (χ4v) is 3.46. The van der Waals surface area contributed by atoms with Crippen molar-refractivity contribution in [3.8, 4) is 17.2 Å². The first kappa shape index (κ1) is 21.6. The first-order valence-electron chi connectivity index (χ1n) is 10.2. The van der Waals surface area contributed by atoms with Gasteiger partial charge in [0.25, 0.3) is 5.56 Å². The lowest BCUT2D eigenvalue weighted by molar-refractivity contribution is 0.0908. The SMILES string of the molecule is Cn1c(=O)c(-c2noc(C(=O)NCCCN3CCCC3)n2)nn(-c2ccc(F)cc2)c1=O. The summed E-state index contributed by atoms with van der Waals surface area (Å²) in [5, 5.41) is 10.4. The molecular weight excluding hydrogens is 421 g/mol. The van der Waals surface area contributed by atoms with Crippen molar-refractivity contribution >= 4 is 5.91 Å². The van der Waals surface area contributed by atoms with Crippen molar-refractivity contribution in [3.63, 3.8) is 0 Å². The summed E-state index contributed by atoms with van der Waals surface area (Å²) in [6.45, 7) is 3.52. The van der Waals surface area contributed by atoms with Crippen LogP contribution in [-0.4, -0.2) is 61.5 Å². The van der Waals surface area contributed by atoms with Crippen molar-refractivity contribution in [1.29, 1.82) is 0 Å². The van der Waals surface area contributed by atoms with Crippen LogP contribution >= 0.6 is 0 Å². The number of nitrogens with one attached hydrogen (secondary N) is 1. The van der Waals surface area contributed by atoms with Crippen molar-refractivity contribution < 1.29 is 13.7 Å². The Morgan fingerprint density at radius 1 is 1.19 bits per heavy atom. The van der Waals surface area contributed by atoms with Crippen LogP contribution in [0.25, 0.3) is 17.2 Å². The highest BCUT2D eigenvalue weighted by Crippen LogP contribution is 2.11. The Balaban J connectivity index is 1.51. The molecule has 32 heavy (non-hydrogen) atoms. The van der Waals surface area contributed by atoms with Crippen LogP contribution in [0.5, 0.6) is 0 Å². The minimum atomic E-state index is -0.758. The number of hydrogen-bond donors (Lipinski definition) is 1. The maximum Gasteiger partial charge on any atom is 0.351 e. The number of hydrogen-bond acceptors (Lipinski definition) is 8. The first-order chi connectivity index (χ1) is 15.4. The number of amides is 1. The van der Waals surface area contributed by atoms with Gasteiger partial charge in [-0.2, -0.15) is 14.8 Å². The second-order valence-electron chi connectivity index (χ2n) is 7.46. The van der Waals surface area contributed by atoms with Crippen molar-refractivity contribution in [3.05, 3.63) is 56.8 Å². The number of aromatic nitrogens is 5. The number of nitrogens with zero attached hydrogens (tertiary/aromatic N) is 6. The van der Waals surface area contributed by atoms with Gasteiger partial charge in [0.05, 0.1) is 5.69 Å². The predicted octanol–water partition coefficient (Wildman–Crippen LogP) is 0.336. The van der Waals surface area contributed by atoms with Gasteiger partial charge in [0.2, 0.25) is 5.82 Å². The molecule has 11 nitrogen and oxygen atoms in total. The molecule has 3 aromatic rings. The number of carbonyl (C=O) groups excluding carboxylic acids is 1. The van der Waals surface area contributed by atoms with E-state index in [4.69, 9.17) is 4.52 Å². The van der Waals surface area contributed by atoms with Crippen LogP contribution in [0.4, 0.5) is 4.39 Å². The molecule has 1 fully saturated rings. The van der Waals surface area contributed by atoms with Gasteiger partial charge in [-0.25, -0.2) is 9.18 Å². The van der Waals surface area contributed by atoms with Crippen LogP contribution < -0.4 is 16.6 Å². The highest BCUT2D eigenvalue weighted by atomic mass is 19.1. The molecule has 1 saturated heterocycles. The van der Waals surface area contributed by atoms with Crippen LogP contribution in [-0.2, 0) is 7.05 Å². The molecule has 1 amide bonds. The van der Waals surface area contributed by atoms with E-state index in [9.17, 15) is 18.8 Å². The molecule has 4 rings (SSSR count). The molecule has 1 aliphatic heterocycles. The second-order valence-corrected chi connectivity index (χ2v) is 7.46. The highest BCUT2D eigenvalue weighted by molar-refractivity contribution is 5.89. The average Bonchev–Trinajstić information content (AvgIpc) is 3.48. The van der Waals surface area contributed by atoms with E-state index in [0.717, 1.165) is 47.4 Å². The summed E-state index contributed by atoms with van der Waals surface area (Å²) < 4.78 is 20.0. The lowest BCUT2D eigenvalue weighted by atomic mass is 10.3. The molecule has 3 heterocycles. The summed E-state index contributed by atoms with van der Waals surface area (Å²) in [7, 11) is 1.27. The summed E-state index contributed by atoms with van der Waals surface area (Å²) in [4.78, 5) is 43.6. The van der Waals surface area contributed by atoms with Gasteiger partial charge in [-0.3, -0.25) is 14.2 Å². The molecule has 0 spiro atoms. The van der Waals surface area contributed by atoms with Crippen molar-refractivity contribution in [1.82, 2.24) is 34.7 Å². The van der Waals surface area contributed by atoms with E-state index in [0.29, 0.717) is 6.54 Å². The molecule has 0 atom stereocenters. The number of halogens is 1. The number of carbonyl (C=O) groups is 1. The van der Waals surface area contributed by atoms with Gasteiger partial charge < -0.3 is 14.7 Å². The Hall–Kier alpha value is -3.67. The minimum absolute atomic E-state index is 0.233. The van der Waals surface area contributed by atoms with Crippen LogP contribution in [0.3, 0.4) is 0 Å². The van der Waals surface area contributed by atoms with E-state index < -0.39 is 23.0 Å². The van der Waals surface area contributed by atoms with E-state index in [-0.39, 0.29) is 23.1 Å². The smallest absolute Gasteiger partial charge is 0.348 e. The van der Waals surface area contributed by atoms with Crippen molar-refractivity contribution in [2.75, 3.05) is 26.2 Å². The summed E-state index contributed by atoms with van der Waals surface area (Å²) in [5.74, 6) is -1.59. The van der Waals surface area contributed by atoms with Gasteiger partial charge in [0.1, 0.15) is 5.82 Å². The second kappa shape index (κ2) is 9.22. The zero-order valence-electron chi connectivity index (χ0n) is 17.5. The van der Waals surface area contributed by atoms with Gasteiger partial charge in [-0.1, -0.05) is 5.16 Å². The minimum Gasteiger partial charge on any atom is -0.348 e. The zero-order chi connectivity index (χ0) is 22.7. The fourth-order valence-electron chi connectivity index (χ4n) is 3.46. The molecule has 0 unspecified atom stereocenters. The molecule has 1 N–H and O–H groups in total. The molecule has 0 bridgehead atoms. The molecule has 168 valence electrons. The van der Waals surface area contributed by atoms with Gasteiger partial charge in [0.15, 0.2) is 5.69 Å². The summed E-state index contributed by atoms with van der Waals surface area (Å²) >= 11 is 0. The van der Waals surface area contributed by atoms with Gasteiger partial charge >= 0.3 is 17.5 Å². The normalized spacial score (nSPS) is 14.1. The lowest BCUT2D eigenvalue weighted by Crippen LogP contribution is -2.40. The summed E-state index contributed by atoms with van der Waals surface area (Å²) in [5.41, 5.74) is -1.53. The van der Waals surface area contributed by atoms with E-state index in [1.54, 1.807) is 0 Å². The Kier molecular flexibility index (Phi) is 6.21. The highest BCUT2D eigenvalue weighted by Gasteiger charge is 2.22. The third kappa shape index (κ3) is 4.49. The molecule has 1 aliphatic rings. The molecule has 0 saturated carbocycles. The molecular formula is C20H22FN7O4. The van der Waals surface area contributed by atoms with Crippen LogP contribution in [0.1, 0.15) is 29.9 Å². The fraction of sp³-hybridized carbons (Fsp3) is 0.400. The third-order valence-corrected chi connectivity index (χ3v) is 5.21. The topological polar surface area (TPSA) is 128 Å². The number of benzene rings is 1. The van der Waals surface area contributed by atoms with Crippen LogP contribution in [0, 0.1) is 5.82 Å². The van der Waals surface area contributed by atoms with Crippen LogP contribution in [0.15, 0.2) is 38.4 Å². The zero-order valence-corrected chi connectivity index (χ0v) is 17.5. The molecule has 2 aromatic heterocycles. The van der Waals surface area contributed by atoms with Crippen LogP contribution in [0.2, 0.25) is 0 Å². The van der Waals surface area contributed by atoms with Gasteiger partial charge in [-0.15, -0.1) is 0 Å². The maximum atomic E-state index is 13.2. The van der Waals surface area contributed by atoms with E-state index in [1.807, 2.05) is 0 Å². The standard InChI is InChI=1S/C20H22FN7O4/c1-26-19(30)15(24-28(20(26)31)14-7-5-13(21)6-8-14)16-23-18(32-25-16)17(29)22-9-4-12-27-10-2-3-11-27/h5-8H,2-4,9-12H2,1H3,(H,22,29). The molecule has 0 radical (unpaired) electrons. The summed E-state index contributed by atoms with van der Waals surface area (Å²) in [6, 6.07) is 5.01. The molecule has 1 aromatic carbocycles. The van der Waals surface area contributed by atoms with Gasteiger partial charge in [-0.05, 0) is 63.2 Å². The largest absolute Gasteiger partial charge is 0.351 e. The first-order valence-corrected chi connectivity index (χ1v) is 10.2. The van der Waals surface area contributed by atoms with Crippen molar-refractivity contribution in [2.45, 2.75) is 19.3 Å². The monoisotopic (exact) mass is 443 g/mol. The third-order valence-electron chi connectivity index (χ3n) is 5.21. The Labute approximate surface area is 181 Å².